The summed E-state index contributed by atoms with van der Waals surface area (Å²) in [5.41, 5.74) is 0.383. The highest BCUT2D eigenvalue weighted by Crippen LogP contribution is 2.36. The van der Waals surface area contributed by atoms with Crippen molar-refractivity contribution in [1.29, 1.82) is 0 Å². The minimum absolute atomic E-state index is 0.212. The van der Waals surface area contributed by atoms with Crippen LogP contribution in [0.2, 0.25) is 0 Å². The van der Waals surface area contributed by atoms with Crippen molar-refractivity contribution in [3.63, 3.8) is 0 Å². The lowest BCUT2D eigenvalue weighted by Crippen LogP contribution is -2.32. The molecule has 1 aromatic carbocycles. The maximum absolute atomic E-state index is 13.6. The highest BCUT2D eigenvalue weighted by molar-refractivity contribution is 5.94. The molecular weight excluding hydrogens is 245 g/mol. The Hall–Kier alpha value is -1.58. The molecule has 3 nitrogen and oxygen atoms in total. The summed E-state index contributed by atoms with van der Waals surface area (Å²) in [5, 5.41) is 12.3. The van der Waals surface area contributed by atoms with Crippen molar-refractivity contribution in [3.05, 3.63) is 29.6 Å². The Morgan fingerprint density at radius 3 is 2.84 bits per heavy atom. The first-order valence-electron chi connectivity index (χ1n) is 6.67. The maximum Gasteiger partial charge on any atom is 0.340 e. The van der Waals surface area contributed by atoms with E-state index in [1.54, 1.807) is 6.07 Å². The molecule has 1 unspecified atom stereocenters. The van der Waals surface area contributed by atoms with Gasteiger partial charge >= 0.3 is 5.97 Å². The Morgan fingerprint density at radius 1 is 1.47 bits per heavy atom. The number of carboxylic acid groups (broad SMARTS) is 1. The van der Waals surface area contributed by atoms with Crippen LogP contribution in [0.15, 0.2) is 18.2 Å². The number of aromatic carboxylic acids is 1. The van der Waals surface area contributed by atoms with Crippen LogP contribution in [0.1, 0.15) is 49.9 Å². The third-order valence-corrected chi connectivity index (χ3v) is 3.79. The van der Waals surface area contributed by atoms with Crippen LogP contribution in [0.3, 0.4) is 0 Å². The van der Waals surface area contributed by atoms with Gasteiger partial charge in [-0.2, -0.15) is 0 Å². The lowest BCUT2D eigenvalue weighted by atomic mass is 9.75. The molecule has 1 aliphatic carbocycles. The van der Waals surface area contributed by atoms with E-state index < -0.39 is 11.8 Å². The molecule has 0 aliphatic heterocycles. The lowest BCUT2D eigenvalue weighted by molar-refractivity contribution is 0.0693. The van der Waals surface area contributed by atoms with E-state index >= 15 is 0 Å². The molecule has 1 fully saturated rings. The van der Waals surface area contributed by atoms with E-state index in [9.17, 15) is 9.18 Å². The normalized spacial score (nSPS) is 21.9. The lowest BCUT2D eigenvalue weighted by Gasteiger charge is -2.36. The average Bonchev–Trinajstić information content (AvgIpc) is 2.26. The fraction of sp³-hybridized carbons (Fsp3) is 0.533. The minimum atomic E-state index is -1.23. The quantitative estimate of drug-likeness (QED) is 0.871. The van der Waals surface area contributed by atoms with Gasteiger partial charge < -0.3 is 10.4 Å². The Kier molecular flexibility index (Phi) is 3.78. The first kappa shape index (κ1) is 13.8. The predicted molar refractivity (Wildman–Crippen MR) is 73.0 cm³/mol. The summed E-state index contributed by atoms with van der Waals surface area (Å²) in [5.74, 6) is -1.91. The van der Waals surface area contributed by atoms with E-state index in [2.05, 4.69) is 19.2 Å². The Morgan fingerprint density at radius 2 is 2.21 bits per heavy atom. The number of carbonyl (C=O) groups is 1. The monoisotopic (exact) mass is 265 g/mol. The second-order valence-electron chi connectivity index (χ2n) is 6.07. The fourth-order valence-electron chi connectivity index (χ4n) is 2.90. The number of hydrogen-bond donors (Lipinski definition) is 2. The molecule has 0 heterocycles. The number of anilines is 1. The van der Waals surface area contributed by atoms with Crippen molar-refractivity contribution < 1.29 is 14.3 Å². The van der Waals surface area contributed by atoms with Gasteiger partial charge in [-0.1, -0.05) is 26.3 Å². The Labute approximate surface area is 112 Å². The van der Waals surface area contributed by atoms with E-state index in [-0.39, 0.29) is 17.0 Å². The van der Waals surface area contributed by atoms with E-state index in [0.29, 0.717) is 5.69 Å². The van der Waals surface area contributed by atoms with Crippen LogP contribution in [-0.2, 0) is 0 Å². The molecule has 19 heavy (non-hydrogen) atoms. The fourth-order valence-corrected chi connectivity index (χ4v) is 2.90. The van der Waals surface area contributed by atoms with Crippen LogP contribution in [-0.4, -0.2) is 17.1 Å². The second-order valence-corrected chi connectivity index (χ2v) is 6.07. The number of benzene rings is 1. The van der Waals surface area contributed by atoms with Crippen molar-refractivity contribution in [3.8, 4) is 0 Å². The number of hydrogen-bond acceptors (Lipinski definition) is 2. The third kappa shape index (κ3) is 3.25. The predicted octanol–water partition coefficient (Wildman–Crippen LogP) is 3.90. The van der Waals surface area contributed by atoms with Gasteiger partial charge in [-0.05, 0) is 36.8 Å². The Balaban J connectivity index is 2.19. The molecule has 2 rings (SSSR count). The van der Waals surface area contributed by atoms with Crippen molar-refractivity contribution in [2.24, 2.45) is 5.41 Å². The SMILES string of the molecule is CC1(C)CCCC(Nc2cccc(F)c2C(=O)O)C1. The summed E-state index contributed by atoms with van der Waals surface area (Å²) < 4.78 is 13.6. The molecule has 2 N–H and O–H groups in total. The van der Waals surface area contributed by atoms with Gasteiger partial charge in [0, 0.05) is 6.04 Å². The van der Waals surface area contributed by atoms with Crippen LogP contribution in [0.4, 0.5) is 10.1 Å². The second kappa shape index (κ2) is 5.19. The first-order valence-corrected chi connectivity index (χ1v) is 6.67. The maximum atomic E-state index is 13.6. The number of rotatable bonds is 3. The van der Waals surface area contributed by atoms with Gasteiger partial charge in [0.2, 0.25) is 0 Å². The molecule has 0 aromatic heterocycles. The molecule has 0 amide bonds. The largest absolute Gasteiger partial charge is 0.478 e. The molecule has 4 heteroatoms. The van der Waals surface area contributed by atoms with Crippen LogP contribution >= 0.6 is 0 Å². The van der Waals surface area contributed by atoms with Gasteiger partial charge in [-0.25, -0.2) is 9.18 Å². The average molecular weight is 265 g/mol. The smallest absolute Gasteiger partial charge is 0.340 e. The summed E-state index contributed by atoms with van der Waals surface area (Å²) in [7, 11) is 0. The Bertz CT molecular complexity index is 485. The van der Waals surface area contributed by atoms with E-state index in [1.165, 1.54) is 18.6 Å². The van der Waals surface area contributed by atoms with Crippen molar-refractivity contribution in [2.75, 3.05) is 5.32 Å². The zero-order chi connectivity index (χ0) is 14.0. The van der Waals surface area contributed by atoms with Crippen LogP contribution < -0.4 is 5.32 Å². The number of nitrogens with one attached hydrogen (secondary N) is 1. The molecule has 1 saturated carbocycles. The summed E-state index contributed by atoms with van der Waals surface area (Å²) in [4.78, 5) is 11.1. The number of carboxylic acids is 1. The van der Waals surface area contributed by atoms with Gasteiger partial charge in [0.25, 0.3) is 0 Å². The van der Waals surface area contributed by atoms with Gasteiger partial charge in [0.05, 0.1) is 5.69 Å². The van der Waals surface area contributed by atoms with Crippen molar-refractivity contribution in [2.45, 2.75) is 45.6 Å². The van der Waals surface area contributed by atoms with Gasteiger partial charge in [-0.15, -0.1) is 0 Å². The molecule has 104 valence electrons. The van der Waals surface area contributed by atoms with Crippen molar-refractivity contribution >= 4 is 11.7 Å². The molecular formula is C15H20FNO2. The molecule has 1 atom stereocenters. The van der Waals surface area contributed by atoms with Crippen LogP contribution in [0, 0.1) is 11.2 Å². The van der Waals surface area contributed by atoms with Gasteiger partial charge in [0.1, 0.15) is 11.4 Å². The summed E-state index contributed by atoms with van der Waals surface area (Å²) in [6.07, 6.45) is 4.27. The van der Waals surface area contributed by atoms with Crippen LogP contribution in [0.5, 0.6) is 0 Å². The van der Waals surface area contributed by atoms with Crippen LogP contribution in [0.25, 0.3) is 0 Å². The number of halogens is 1. The standard InChI is InChI=1S/C15H20FNO2/c1-15(2)8-4-5-10(9-15)17-12-7-3-6-11(16)13(12)14(18)19/h3,6-7,10,17H,4-5,8-9H2,1-2H3,(H,18,19). The van der Waals surface area contributed by atoms with Gasteiger partial charge in [0.15, 0.2) is 0 Å². The topological polar surface area (TPSA) is 49.3 Å². The van der Waals surface area contributed by atoms with E-state index in [0.717, 1.165) is 19.3 Å². The van der Waals surface area contributed by atoms with E-state index in [1.807, 2.05) is 0 Å². The molecule has 1 aromatic rings. The summed E-state index contributed by atoms with van der Waals surface area (Å²) in [6, 6.07) is 4.56. The highest BCUT2D eigenvalue weighted by atomic mass is 19.1. The zero-order valence-corrected chi connectivity index (χ0v) is 11.4. The molecule has 0 saturated heterocycles. The summed E-state index contributed by atoms with van der Waals surface area (Å²) in [6.45, 7) is 4.43. The minimum Gasteiger partial charge on any atom is -0.478 e. The van der Waals surface area contributed by atoms with E-state index in [4.69, 9.17) is 5.11 Å². The van der Waals surface area contributed by atoms with Crippen molar-refractivity contribution in [1.82, 2.24) is 0 Å². The first-order chi connectivity index (χ1) is 8.89. The molecule has 0 radical (unpaired) electrons. The molecule has 0 bridgehead atoms. The van der Waals surface area contributed by atoms with Gasteiger partial charge in [-0.3, -0.25) is 0 Å². The highest BCUT2D eigenvalue weighted by Gasteiger charge is 2.28. The zero-order valence-electron chi connectivity index (χ0n) is 11.4. The molecule has 0 spiro atoms. The molecule has 1 aliphatic rings. The summed E-state index contributed by atoms with van der Waals surface area (Å²) >= 11 is 0. The third-order valence-electron chi connectivity index (χ3n) is 3.79.